The number of benzene rings is 2. The van der Waals surface area contributed by atoms with Gasteiger partial charge in [-0.15, -0.1) is 0 Å². The Hall–Kier alpha value is -2.66. The third-order valence-corrected chi connectivity index (χ3v) is 6.49. The van der Waals surface area contributed by atoms with Crippen LogP contribution in [0.1, 0.15) is 59.4 Å². The van der Waals surface area contributed by atoms with Gasteiger partial charge < -0.3 is 14.6 Å². The Bertz CT molecular complexity index is 1070. The van der Waals surface area contributed by atoms with Crippen molar-refractivity contribution in [2.75, 3.05) is 6.61 Å². The molecule has 1 fully saturated rings. The van der Waals surface area contributed by atoms with Crippen molar-refractivity contribution in [2.24, 2.45) is 0 Å². The molecule has 1 aliphatic rings. The number of amides is 1. The van der Waals surface area contributed by atoms with Gasteiger partial charge in [0.05, 0.1) is 17.1 Å². The molecule has 158 valence electrons. The normalized spacial score (nSPS) is 17.4. The van der Waals surface area contributed by atoms with E-state index in [9.17, 15) is 4.79 Å². The molecule has 0 spiro atoms. The molecule has 0 saturated carbocycles. The van der Waals surface area contributed by atoms with Gasteiger partial charge in [0.1, 0.15) is 11.9 Å². The third kappa shape index (κ3) is 3.74. The standard InChI is InChI=1S/C25H31N3O2/c1-15-13-16(2)18(4)20(17(15)3)14-28-22-10-7-6-9-21(22)27-24(28)19(5)26-25(29)23-11-8-12-30-23/h6-7,9-10,13,19,23H,8,11-12,14H2,1-5H3,(H,26,29). The van der Waals surface area contributed by atoms with Crippen LogP contribution in [0.4, 0.5) is 0 Å². The molecular weight excluding hydrogens is 374 g/mol. The van der Waals surface area contributed by atoms with E-state index in [1.54, 1.807) is 0 Å². The average Bonchev–Trinajstić information content (AvgIpc) is 3.38. The highest BCUT2D eigenvalue weighted by Gasteiger charge is 2.27. The SMILES string of the molecule is Cc1cc(C)c(C)c(Cn2c(C(C)NC(=O)C3CCCO3)nc3ccccc32)c1C. The van der Waals surface area contributed by atoms with Crippen molar-refractivity contribution in [3.8, 4) is 0 Å². The molecule has 1 aromatic heterocycles. The number of carbonyl (C=O) groups is 1. The highest BCUT2D eigenvalue weighted by molar-refractivity contribution is 5.81. The molecule has 4 rings (SSSR count). The predicted octanol–water partition coefficient (Wildman–Crippen LogP) is 4.67. The number of aryl methyl sites for hydroxylation is 2. The number of carbonyl (C=O) groups excluding carboxylic acids is 1. The second kappa shape index (κ2) is 8.23. The van der Waals surface area contributed by atoms with Crippen LogP contribution in [0.3, 0.4) is 0 Å². The molecule has 2 heterocycles. The van der Waals surface area contributed by atoms with Crippen LogP contribution < -0.4 is 5.32 Å². The van der Waals surface area contributed by atoms with E-state index in [-0.39, 0.29) is 18.1 Å². The van der Waals surface area contributed by atoms with Gasteiger partial charge in [-0.05, 0) is 87.4 Å². The Morgan fingerprint density at radius 2 is 1.90 bits per heavy atom. The van der Waals surface area contributed by atoms with Crippen molar-refractivity contribution in [1.29, 1.82) is 0 Å². The molecule has 30 heavy (non-hydrogen) atoms. The monoisotopic (exact) mass is 405 g/mol. The number of nitrogens with zero attached hydrogens (tertiary/aromatic N) is 2. The van der Waals surface area contributed by atoms with Crippen LogP contribution in [0.15, 0.2) is 30.3 Å². The van der Waals surface area contributed by atoms with Gasteiger partial charge in [0.2, 0.25) is 5.91 Å². The van der Waals surface area contributed by atoms with Crippen LogP contribution in [0, 0.1) is 27.7 Å². The summed E-state index contributed by atoms with van der Waals surface area (Å²) < 4.78 is 7.81. The lowest BCUT2D eigenvalue weighted by Gasteiger charge is -2.21. The maximum absolute atomic E-state index is 12.6. The molecule has 3 aromatic rings. The summed E-state index contributed by atoms with van der Waals surface area (Å²) >= 11 is 0. The van der Waals surface area contributed by atoms with Crippen molar-refractivity contribution in [3.63, 3.8) is 0 Å². The molecule has 2 atom stereocenters. The first-order valence-corrected chi connectivity index (χ1v) is 10.8. The Labute approximate surface area is 178 Å². The van der Waals surface area contributed by atoms with E-state index in [0.717, 1.165) is 36.2 Å². The fourth-order valence-corrected chi connectivity index (χ4v) is 4.44. The van der Waals surface area contributed by atoms with Crippen LogP contribution in [-0.4, -0.2) is 28.2 Å². The summed E-state index contributed by atoms with van der Waals surface area (Å²) in [6.07, 6.45) is 1.39. The van der Waals surface area contributed by atoms with Crippen LogP contribution in [0.25, 0.3) is 11.0 Å². The number of nitrogens with one attached hydrogen (secondary N) is 1. The maximum atomic E-state index is 12.6. The Kier molecular flexibility index (Phi) is 5.65. The van der Waals surface area contributed by atoms with Crippen molar-refractivity contribution in [2.45, 2.75) is 66.2 Å². The highest BCUT2D eigenvalue weighted by Crippen LogP contribution is 2.27. The zero-order valence-electron chi connectivity index (χ0n) is 18.6. The number of rotatable bonds is 5. The van der Waals surface area contributed by atoms with Crippen molar-refractivity contribution in [3.05, 3.63) is 64.0 Å². The van der Waals surface area contributed by atoms with E-state index in [1.807, 2.05) is 25.1 Å². The van der Waals surface area contributed by atoms with Crippen molar-refractivity contribution < 1.29 is 9.53 Å². The first kappa shape index (κ1) is 20.6. The second-order valence-corrected chi connectivity index (χ2v) is 8.52. The molecule has 1 aliphatic heterocycles. The zero-order valence-corrected chi connectivity index (χ0v) is 18.6. The minimum Gasteiger partial charge on any atom is -0.368 e. The molecule has 5 nitrogen and oxygen atoms in total. The Balaban J connectivity index is 1.74. The van der Waals surface area contributed by atoms with E-state index in [2.05, 4.69) is 49.7 Å². The molecule has 1 N–H and O–H groups in total. The predicted molar refractivity (Wildman–Crippen MR) is 120 cm³/mol. The van der Waals surface area contributed by atoms with Gasteiger partial charge >= 0.3 is 0 Å². The summed E-state index contributed by atoms with van der Waals surface area (Å²) in [5.41, 5.74) is 8.61. The first-order valence-electron chi connectivity index (χ1n) is 10.8. The smallest absolute Gasteiger partial charge is 0.249 e. The number of imidazole rings is 1. The molecule has 1 saturated heterocycles. The van der Waals surface area contributed by atoms with Gasteiger partial charge in [-0.2, -0.15) is 0 Å². The summed E-state index contributed by atoms with van der Waals surface area (Å²) in [6.45, 7) is 12.1. The lowest BCUT2D eigenvalue weighted by atomic mass is 9.94. The summed E-state index contributed by atoms with van der Waals surface area (Å²) in [4.78, 5) is 17.5. The van der Waals surface area contributed by atoms with E-state index >= 15 is 0 Å². The third-order valence-electron chi connectivity index (χ3n) is 6.49. The van der Waals surface area contributed by atoms with E-state index < -0.39 is 0 Å². The van der Waals surface area contributed by atoms with Gasteiger partial charge in [0, 0.05) is 13.2 Å². The number of hydrogen-bond acceptors (Lipinski definition) is 3. The number of para-hydroxylation sites is 2. The number of aromatic nitrogens is 2. The lowest BCUT2D eigenvalue weighted by Crippen LogP contribution is -2.36. The fourth-order valence-electron chi connectivity index (χ4n) is 4.44. The topological polar surface area (TPSA) is 56.2 Å². The van der Waals surface area contributed by atoms with E-state index in [0.29, 0.717) is 6.61 Å². The van der Waals surface area contributed by atoms with Crippen molar-refractivity contribution in [1.82, 2.24) is 14.9 Å². The van der Waals surface area contributed by atoms with Crippen LogP contribution in [-0.2, 0) is 16.1 Å². The molecule has 0 radical (unpaired) electrons. The quantitative estimate of drug-likeness (QED) is 0.671. The highest BCUT2D eigenvalue weighted by atomic mass is 16.5. The minimum absolute atomic E-state index is 0.0441. The van der Waals surface area contributed by atoms with Gasteiger partial charge in [0.25, 0.3) is 0 Å². The number of hydrogen-bond donors (Lipinski definition) is 1. The summed E-state index contributed by atoms with van der Waals surface area (Å²) in [6, 6.07) is 10.2. The van der Waals surface area contributed by atoms with Gasteiger partial charge in [-0.1, -0.05) is 18.2 Å². The minimum atomic E-state index is -0.339. The summed E-state index contributed by atoms with van der Waals surface area (Å²) in [7, 11) is 0. The molecular formula is C25H31N3O2. The molecule has 0 aliphatic carbocycles. The van der Waals surface area contributed by atoms with Crippen molar-refractivity contribution >= 4 is 16.9 Å². The summed E-state index contributed by atoms with van der Waals surface area (Å²) in [5.74, 6) is 0.831. The lowest BCUT2D eigenvalue weighted by molar-refractivity contribution is -0.130. The molecule has 2 unspecified atom stereocenters. The van der Waals surface area contributed by atoms with E-state index in [4.69, 9.17) is 9.72 Å². The molecule has 2 aromatic carbocycles. The Morgan fingerprint density at radius 1 is 1.20 bits per heavy atom. The number of ether oxygens (including phenoxy) is 1. The number of fused-ring (bicyclic) bond motifs is 1. The first-order chi connectivity index (χ1) is 14.4. The average molecular weight is 406 g/mol. The Morgan fingerprint density at radius 3 is 2.57 bits per heavy atom. The summed E-state index contributed by atoms with van der Waals surface area (Å²) in [5, 5.41) is 3.13. The van der Waals surface area contributed by atoms with E-state index in [1.165, 1.54) is 27.8 Å². The largest absolute Gasteiger partial charge is 0.368 e. The molecule has 0 bridgehead atoms. The van der Waals surface area contributed by atoms with Gasteiger partial charge in [-0.25, -0.2) is 4.98 Å². The van der Waals surface area contributed by atoms with Crippen LogP contribution in [0.2, 0.25) is 0 Å². The second-order valence-electron chi connectivity index (χ2n) is 8.52. The van der Waals surface area contributed by atoms with Crippen LogP contribution >= 0.6 is 0 Å². The molecule has 1 amide bonds. The fraction of sp³-hybridized carbons (Fsp3) is 0.440. The maximum Gasteiger partial charge on any atom is 0.249 e. The van der Waals surface area contributed by atoms with Gasteiger partial charge in [0.15, 0.2) is 0 Å². The van der Waals surface area contributed by atoms with Crippen LogP contribution in [0.5, 0.6) is 0 Å². The zero-order chi connectivity index (χ0) is 21.4. The van der Waals surface area contributed by atoms with Gasteiger partial charge in [-0.3, -0.25) is 4.79 Å². The molecule has 5 heteroatoms.